The quantitative estimate of drug-likeness (QED) is 0.760. The van der Waals surface area contributed by atoms with Crippen LogP contribution < -0.4 is 0 Å². The molecule has 0 amide bonds. The molecule has 0 N–H and O–H groups in total. The maximum atomic E-state index is 11.2. The molecule has 1 aliphatic heterocycles. The van der Waals surface area contributed by atoms with Crippen LogP contribution in [0.2, 0.25) is 0 Å². The van der Waals surface area contributed by atoms with Crippen LogP contribution in [0.25, 0.3) is 10.8 Å². The van der Waals surface area contributed by atoms with Crippen molar-refractivity contribution in [1.29, 1.82) is 0 Å². The van der Waals surface area contributed by atoms with E-state index in [4.69, 9.17) is 9.47 Å². The van der Waals surface area contributed by atoms with Gasteiger partial charge >= 0.3 is 0 Å². The summed E-state index contributed by atoms with van der Waals surface area (Å²) in [6.45, 7) is 1.71. The first kappa shape index (κ1) is 11.4. The molecular formula is C15H14O3. The Morgan fingerprint density at radius 1 is 1.11 bits per heavy atom. The Kier molecular flexibility index (Phi) is 3.09. The maximum absolute atomic E-state index is 11.2. The average molecular weight is 242 g/mol. The second-order valence-corrected chi connectivity index (χ2v) is 4.34. The van der Waals surface area contributed by atoms with Crippen molar-refractivity contribution >= 4 is 17.1 Å². The molecule has 0 spiro atoms. The zero-order chi connectivity index (χ0) is 12.4. The Labute approximate surface area is 105 Å². The van der Waals surface area contributed by atoms with Gasteiger partial charge in [-0.3, -0.25) is 4.79 Å². The molecule has 1 aliphatic rings. The molecular weight excluding hydrogens is 228 g/mol. The number of ether oxygens (including phenoxy) is 2. The molecule has 2 aromatic carbocycles. The van der Waals surface area contributed by atoms with Crippen molar-refractivity contribution in [2.45, 2.75) is 6.10 Å². The number of carbonyl (C=O) groups excluding carboxylic acids is 1. The highest BCUT2D eigenvalue weighted by Crippen LogP contribution is 2.30. The third kappa shape index (κ3) is 1.92. The van der Waals surface area contributed by atoms with Gasteiger partial charge in [-0.2, -0.15) is 0 Å². The molecule has 1 saturated heterocycles. The van der Waals surface area contributed by atoms with Gasteiger partial charge in [-0.1, -0.05) is 36.4 Å². The highest BCUT2D eigenvalue weighted by atomic mass is 16.6. The fourth-order valence-corrected chi connectivity index (χ4v) is 2.43. The molecule has 92 valence electrons. The molecule has 3 heteroatoms. The van der Waals surface area contributed by atoms with Gasteiger partial charge in [0.2, 0.25) is 0 Å². The van der Waals surface area contributed by atoms with Gasteiger partial charge < -0.3 is 9.47 Å². The van der Waals surface area contributed by atoms with Gasteiger partial charge in [0, 0.05) is 11.1 Å². The first-order chi connectivity index (χ1) is 8.90. The molecule has 0 aliphatic carbocycles. The van der Waals surface area contributed by atoms with Gasteiger partial charge in [0.15, 0.2) is 0 Å². The minimum atomic E-state index is -0.148. The summed E-state index contributed by atoms with van der Waals surface area (Å²) in [4.78, 5) is 11.2. The lowest BCUT2D eigenvalue weighted by Gasteiger charge is -2.25. The predicted molar refractivity (Wildman–Crippen MR) is 68.8 cm³/mol. The van der Waals surface area contributed by atoms with Crippen molar-refractivity contribution in [3.8, 4) is 0 Å². The standard InChI is InChI=1S/C15H14O3/c16-9-12-6-5-11-3-1-2-4-13(11)15(12)14-10-17-7-8-18-14/h1-6,9,14H,7-8,10H2. The van der Waals surface area contributed by atoms with Crippen LogP contribution in [0.15, 0.2) is 36.4 Å². The largest absolute Gasteiger partial charge is 0.376 e. The highest BCUT2D eigenvalue weighted by Gasteiger charge is 2.21. The van der Waals surface area contributed by atoms with E-state index in [0.717, 1.165) is 22.6 Å². The van der Waals surface area contributed by atoms with Crippen LogP contribution in [0.1, 0.15) is 22.0 Å². The van der Waals surface area contributed by atoms with Gasteiger partial charge in [0.25, 0.3) is 0 Å². The summed E-state index contributed by atoms with van der Waals surface area (Å²) in [5.74, 6) is 0. The minimum absolute atomic E-state index is 0.148. The first-order valence-electron chi connectivity index (χ1n) is 6.06. The summed E-state index contributed by atoms with van der Waals surface area (Å²) in [6, 6.07) is 11.8. The molecule has 18 heavy (non-hydrogen) atoms. The molecule has 1 unspecified atom stereocenters. The van der Waals surface area contributed by atoms with Gasteiger partial charge in [-0.25, -0.2) is 0 Å². The third-order valence-electron chi connectivity index (χ3n) is 3.27. The van der Waals surface area contributed by atoms with Crippen LogP contribution in [0.3, 0.4) is 0 Å². The van der Waals surface area contributed by atoms with Crippen LogP contribution in [-0.2, 0) is 9.47 Å². The van der Waals surface area contributed by atoms with E-state index in [1.165, 1.54) is 0 Å². The van der Waals surface area contributed by atoms with Crippen molar-refractivity contribution < 1.29 is 14.3 Å². The van der Waals surface area contributed by atoms with Gasteiger partial charge in [0.1, 0.15) is 12.4 Å². The fraction of sp³-hybridized carbons (Fsp3) is 0.267. The van der Waals surface area contributed by atoms with Crippen LogP contribution in [0, 0.1) is 0 Å². The average Bonchev–Trinajstić information content (AvgIpc) is 2.47. The van der Waals surface area contributed by atoms with Gasteiger partial charge in [-0.05, 0) is 10.8 Å². The lowest BCUT2D eigenvalue weighted by atomic mass is 9.95. The van der Waals surface area contributed by atoms with E-state index in [1.54, 1.807) is 0 Å². The molecule has 3 rings (SSSR count). The van der Waals surface area contributed by atoms with Crippen molar-refractivity contribution in [3.05, 3.63) is 47.5 Å². The van der Waals surface area contributed by atoms with E-state index < -0.39 is 0 Å². The second kappa shape index (κ2) is 4.88. The topological polar surface area (TPSA) is 35.5 Å². The minimum Gasteiger partial charge on any atom is -0.376 e. The SMILES string of the molecule is O=Cc1ccc2ccccc2c1C1COCCO1. The van der Waals surface area contributed by atoms with Crippen LogP contribution >= 0.6 is 0 Å². The lowest BCUT2D eigenvalue weighted by Crippen LogP contribution is -2.23. The van der Waals surface area contributed by atoms with E-state index in [-0.39, 0.29) is 6.10 Å². The molecule has 1 fully saturated rings. The number of hydrogen-bond acceptors (Lipinski definition) is 3. The van der Waals surface area contributed by atoms with E-state index >= 15 is 0 Å². The Bertz CT molecular complexity index is 571. The summed E-state index contributed by atoms with van der Waals surface area (Å²) in [6.07, 6.45) is 0.741. The Morgan fingerprint density at radius 2 is 2.00 bits per heavy atom. The lowest BCUT2D eigenvalue weighted by molar-refractivity contribution is -0.0896. The van der Waals surface area contributed by atoms with Gasteiger partial charge in [0.05, 0.1) is 19.8 Å². The molecule has 0 bridgehead atoms. The van der Waals surface area contributed by atoms with Crippen molar-refractivity contribution in [3.63, 3.8) is 0 Å². The van der Waals surface area contributed by atoms with E-state index in [9.17, 15) is 4.79 Å². The van der Waals surface area contributed by atoms with Crippen LogP contribution in [-0.4, -0.2) is 26.1 Å². The number of hydrogen-bond donors (Lipinski definition) is 0. The van der Waals surface area contributed by atoms with Crippen molar-refractivity contribution in [2.75, 3.05) is 19.8 Å². The fourth-order valence-electron chi connectivity index (χ4n) is 2.43. The zero-order valence-corrected chi connectivity index (χ0v) is 9.96. The van der Waals surface area contributed by atoms with Crippen molar-refractivity contribution in [1.82, 2.24) is 0 Å². The van der Waals surface area contributed by atoms with E-state index in [2.05, 4.69) is 0 Å². The monoisotopic (exact) mass is 242 g/mol. The number of carbonyl (C=O) groups is 1. The normalized spacial score (nSPS) is 19.9. The van der Waals surface area contributed by atoms with Gasteiger partial charge in [-0.15, -0.1) is 0 Å². The predicted octanol–water partition coefficient (Wildman–Crippen LogP) is 2.74. The Morgan fingerprint density at radius 3 is 2.78 bits per heavy atom. The molecule has 0 saturated carbocycles. The van der Waals surface area contributed by atoms with E-state index in [0.29, 0.717) is 25.4 Å². The second-order valence-electron chi connectivity index (χ2n) is 4.34. The molecule has 3 nitrogen and oxygen atoms in total. The molecule has 1 atom stereocenters. The number of benzene rings is 2. The zero-order valence-electron chi connectivity index (χ0n) is 9.96. The summed E-state index contributed by atoms with van der Waals surface area (Å²) in [7, 11) is 0. The van der Waals surface area contributed by atoms with E-state index in [1.807, 2.05) is 36.4 Å². The number of fused-ring (bicyclic) bond motifs is 1. The molecule has 0 radical (unpaired) electrons. The first-order valence-corrected chi connectivity index (χ1v) is 6.06. The summed E-state index contributed by atoms with van der Waals surface area (Å²) in [5, 5.41) is 2.19. The Balaban J connectivity index is 2.19. The molecule has 0 aromatic heterocycles. The molecule has 2 aromatic rings. The van der Waals surface area contributed by atoms with Crippen molar-refractivity contribution in [2.24, 2.45) is 0 Å². The maximum Gasteiger partial charge on any atom is 0.150 e. The third-order valence-corrected chi connectivity index (χ3v) is 3.27. The summed E-state index contributed by atoms with van der Waals surface area (Å²) in [5.41, 5.74) is 1.63. The Hall–Kier alpha value is -1.71. The van der Waals surface area contributed by atoms with Crippen LogP contribution in [0.4, 0.5) is 0 Å². The summed E-state index contributed by atoms with van der Waals surface area (Å²) < 4.78 is 11.2. The van der Waals surface area contributed by atoms with Crippen LogP contribution in [0.5, 0.6) is 0 Å². The number of aldehydes is 1. The summed E-state index contributed by atoms with van der Waals surface area (Å²) >= 11 is 0. The number of rotatable bonds is 2. The molecule has 1 heterocycles. The highest BCUT2D eigenvalue weighted by molar-refractivity contribution is 5.93. The smallest absolute Gasteiger partial charge is 0.150 e.